The second-order valence-corrected chi connectivity index (χ2v) is 5.54. The van der Waals surface area contributed by atoms with Crippen LogP contribution in [-0.4, -0.2) is 64.3 Å². The summed E-state index contributed by atoms with van der Waals surface area (Å²) < 4.78 is 15.0. The van der Waals surface area contributed by atoms with E-state index in [0.717, 1.165) is 12.2 Å². The van der Waals surface area contributed by atoms with Gasteiger partial charge in [-0.3, -0.25) is 0 Å². The lowest BCUT2D eigenvalue weighted by Gasteiger charge is -2.31. The van der Waals surface area contributed by atoms with Crippen LogP contribution in [0.5, 0.6) is 0 Å². The molecule has 0 saturated carbocycles. The first-order chi connectivity index (χ1) is 12.6. The van der Waals surface area contributed by atoms with Gasteiger partial charge in [0.25, 0.3) is 0 Å². The van der Waals surface area contributed by atoms with E-state index < -0.39 is 11.9 Å². The number of hydrogen-bond acceptors (Lipinski definition) is 8. The molecule has 0 spiro atoms. The van der Waals surface area contributed by atoms with E-state index in [2.05, 4.69) is 0 Å². The molecule has 1 aliphatic rings. The van der Waals surface area contributed by atoms with Gasteiger partial charge in [0.2, 0.25) is 0 Å². The van der Waals surface area contributed by atoms with Crippen LogP contribution < -0.4 is 9.80 Å². The number of carbonyl (C=O) groups excluding carboxylic acids is 2. The molecule has 1 aliphatic heterocycles. The van der Waals surface area contributed by atoms with E-state index in [1.807, 2.05) is 36.1 Å². The number of nitrogens with zero attached hydrogens (tertiary/aromatic N) is 2. The van der Waals surface area contributed by atoms with Crippen molar-refractivity contribution in [3.8, 4) is 0 Å². The van der Waals surface area contributed by atoms with E-state index in [1.54, 1.807) is 4.90 Å². The Morgan fingerprint density at radius 1 is 1.19 bits per heavy atom. The van der Waals surface area contributed by atoms with Gasteiger partial charge in [-0.05, 0) is 31.2 Å². The molecule has 26 heavy (non-hydrogen) atoms. The second-order valence-electron chi connectivity index (χ2n) is 5.54. The van der Waals surface area contributed by atoms with Crippen LogP contribution in [-0.2, 0) is 23.8 Å². The summed E-state index contributed by atoms with van der Waals surface area (Å²) in [5.41, 5.74) is 1.85. The summed E-state index contributed by atoms with van der Waals surface area (Å²) >= 11 is 0. The highest BCUT2D eigenvalue weighted by molar-refractivity contribution is 6.03. The standard InChI is InChI=1S/C18H24N2O6/c1-4-19(9-10-21)13-5-7-14(8-6-13)20-12-26-11-15(17(22)24-2)16(20)18(23)25-3/h5-8,21H,4,9-12H2,1-3H3. The monoisotopic (exact) mass is 364 g/mol. The summed E-state index contributed by atoms with van der Waals surface area (Å²) in [5.74, 6) is -1.26. The maximum Gasteiger partial charge on any atom is 0.355 e. The van der Waals surface area contributed by atoms with Gasteiger partial charge < -0.3 is 29.1 Å². The molecule has 8 heteroatoms. The van der Waals surface area contributed by atoms with Gasteiger partial charge in [-0.25, -0.2) is 9.59 Å². The number of ether oxygens (including phenoxy) is 3. The maximum absolute atomic E-state index is 12.3. The normalized spacial score (nSPS) is 14.2. The van der Waals surface area contributed by atoms with Gasteiger partial charge in [0.15, 0.2) is 0 Å². The molecule has 0 radical (unpaired) electrons. The molecule has 0 atom stereocenters. The SMILES string of the molecule is CCN(CCO)c1ccc(N2COCC(C(=O)OC)=C2C(=O)OC)cc1. The van der Waals surface area contributed by atoms with E-state index in [1.165, 1.54) is 14.2 Å². The molecule has 0 aromatic heterocycles. The third-order valence-electron chi connectivity index (χ3n) is 4.11. The number of rotatable bonds is 7. The zero-order chi connectivity index (χ0) is 19.1. The van der Waals surface area contributed by atoms with Gasteiger partial charge >= 0.3 is 11.9 Å². The molecule has 2 rings (SSSR count). The van der Waals surface area contributed by atoms with Crippen LogP contribution in [0.2, 0.25) is 0 Å². The first-order valence-electron chi connectivity index (χ1n) is 8.28. The predicted molar refractivity (Wildman–Crippen MR) is 95.8 cm³/mol. The molecule has 1 N–H and O–H groups in total. The van der Waals surface area contributed by atoms with Crippen LogP contribution in [0, 0.1) is 0 Å². The van der Waals surface area contributed by atoms with Gasteiger partial charge in [0, 0.05) is 24.5 Å². The average molecular weight is 364 g/mol. The minimum absolute atomic E-state index is 0.0220. The molecule has 0 fully saturated rings. The third-order valence-corrected chi connectivity index (χ3v) is 4.11. The predicted octanol–water partition coefficient (Wildman–Crippen LogP) is 0.899. The minimum atomic E-state index is -0.633. The van der Waals surface area contributed by atoms with Gasteiger partial charge in [-0.2, -0.15) is 0 Å². The molecule has 0 amide bonds. The molecule has 142 valence electrons. The fraction of sp³-hybridized carbons (Fsp3) is 0.444. The van der Waals surface area contributed by atoms with Crippen molar-refractivity contribution in [1.29, 1.82) is 0 Å². The Morgan fingerprint density at radius 3 is 2.38 bits per heavy atom. The fourth-order valence-electron chi connectivity index (χ4n) is 2.78. The van der Waals surface area contributed by atoms with Crippen molar-refractivity contribution in [3.63, 3.8) is 0 Å². The lowest BCUT2D eigenvalue weighted by molar-refractivity contribution is -0.140. The Hall–Kier alpha value is -2.58. The lowest BCUT2D eigenvalue weighted by Crippen LogP contribution is -2.38. The summed E-state index contributed by atoms with van der Waals surface area (Å²) in [7, 11) is 2.51. The van der Waals surface area contributed by atoms with Crippen molar-refractivity contribution in [2.45, 2.75) is 6.92 Å². The highest BCUT2D eigenvalue weighted by Gasteiger charge is 2.32. The molecule has 0 bridgehead atoms. The van der Waals surface area contributed by atoms with E-state index in [0.29, 0.717) is 12.2 Å². The van der Waals surface area contributed by atoms with Gasteiger partial charge in [-0.15, -0.1) is 0 Å². The molecular weight excluding hydrogens is 340 g/mol. The molecule has 1 aromatic carbocycles. The van der Waals surface area contributed by atoms with Crippen molar-refractivity contribution in [2.75, 3.05) is 57.1 Å². The topological polar surface area (TPSA) is 88.5 Å². The number of benzene rings is 1. The van der Waals surface area contributed by atoms with Crippen LogP contribution in [0.3, 0.4) is 0 Å². The summed E-state index contributed by atoms with van der Waals surface area (Å²) in [4.78, 5) is 27.9. The van der Waals surface area contributed by atoms with Crippen molar-refractivity contribution >= 4 is 23.3 Å². The Bertz CT molecular complexity index is 671. The zero-order valence-electron chi connectivity index (χ0n) is 15.2. The highest BCUT2D eigenvalue weighted by Crippen LogP contribution is 2.28. The number of likely N-dealkylation sites (N-methyl/N-ethyl adjacent to an activating group) is 1. The molecule has 0 unspecified atom stereocenters. The molecule has 8 nitrogen and oxygen atoms in total. The Kier molecular flexibility index (Phi) is 6.99. The number of methoxy groups -OCH3 is 2. The Balaban J connectivity index is 2.38. The van der Waals surface area contributed by atoms with Crippen LogP contribution in [0.25, 0.3) is 0 Å². The van der Waals surface area contributed by atoms with Crippen molar-refractivity contribution in [2.24, 2.45) is 0 Å². The molecule has 0 saturated heterocycles. The van der Waals surface area contributed by atoms with E-state index in [4.69, 9.17) is 19.3 Å². The maximum atomic E-state index is 12.3. The van der Waals surface area contributed by atoms with E-state index in [-0.39, 0.29) is 31.2 Å². The number of carbonyl (C=O) groups is 2. The molecule has 1 aromatic rings. The Labute approximate surface area is 152 Å². The smallest absolute Gasteiger partial charge is 0.355 e. The van der Waals surface area contributed by atoms with Crippen molar-refractivity contribution < 1.29 is 28.9 Å². The second kappa shape index (κ2) is 9.21. The zero-order valence-corrected chi connectivity index (χ0v) is 15.2. The van der Waals surface area contributed by atoms with Crippen LogP contribution in [0.1, 0.15) is 6.92 Å². The fourth-order valence-corrected chi connectivity index (χ4v) is 2.78. The van der Waals surface area contributed by atoms with Crippen LogP contribution in [0.4, 0.5) is 11.4 Å². The first kappa shape index (κ1) is 19.7. The van der Waals surface area contributed by atoms with Crippen molar-refractivity contribution in [3.05, 3.63) is 35.5 Å². The van der Waals surface area contributed by atoms with Gasteiger partial charge in [0.05, 0.1) is 33.0 Å². The number of hydrogen-bond donors (Lipinski definition) is 1. The van der Waals surface area contributed by atoms with E-state index >= 15 is 0 Å². The number of aliphatic hydroxyl groups is 1. The summed E-state index contributed by atoms with van der Waals surface area (Å²) in [6.07, 6.45) is 0. The summed E-state index contributed by atoms with van der Waals surface area (Å²) in [5, 5.41) is 9.15. The number of aliphatic hydroxyl groups excluding tert-OH is 1. The highest BCUT2D eigenvalue weighted by atomic mass is 16.5. The van der Waals surface area contributed by atoms with Crippen molar-refractivity contribution in [1.82, 2.24) is 0 Å². The van der Waals surface area contributed by atoms with Gasteiger partial charge in [0.1, 0.15) is 12.4 Å². The first-order valence-corrected chi connectivity index (χ1v) is 8.28. The lowest BCUT2D eigenvalue weighted by atomic mass is 10.1. The number of esters is 2. The Morgan fingerprint density at radius 2 is 1.85 bits per heavy atom. The van der Waals surface area contributed by atoms with E-state index in [9.17, 15) is 9.59 Å². The average Bonchev–Trinajstić information content (AvgIpc) is 2.70. The largest absolute Gasteiger partial charge is 0.466 e. The molecule has 0 aliphatic carbocycles. The summed E-state index contributed by atoms with van der Waals surface area (Å²) in [6, 6.07) is 7.41. The minimum Gasteiger partial charge on any atom is -0.466 e. The molecule has 1 heterocycles. The quantitative estimate of drug-likeness (QED) is 0.714. The molecular formula is C18H24N2O6. The summed E-state index contributed by atoms with van der Waals surface area (Å²) in [6.45, 7) is 3.44. The van der Waals surface area contributed by atoms with Gasteiger partial charge in [-0.1, -0.05) is 0 Å². The van der Waals surface area contributed by atoms with Crippen LogP contribution >= 0.6 is 0 Å². The number of anilines is 2. The van der Waals surface area contributed by atoms with Crippen LogP contribution in [0.15, 0.2) is 35.5 Å². The third kappa shape index (κ3) is 4.14.